The second-order valence-electron chi connectivity index (χ2n) is 6.05. The molecule has 0 bridgehead atoms. The summed E-state index contributed by atoms with van der Waals surface area (Å²) in [7, 11) is 0. The molecule has 2 aromatic rings. The van der Waals surface area contributed by atoms with E-state index >= 15 is 0 Å². The minimum absolute atomic E-state index is 0.107. The number of hydrogen-bond acceptors (Lipinski definition) is 4. The number of thiazole rings is 1. The number of rotatable bonds is 5. The van der Waals surface area contributed by atoms with Gasteiger partial charge >= 0.3 is 6.03 Å². The second-order valence-corrected chi connectivity index (χ2v) is 7.29. The summed E-state index contributed by atoms with van der Waals surface area (Å²) in [5.41, 5.74) is 2.58. The molecule has 0 aliphatic carbocycles. The van der Waals surface area contributed by atoms with E-state index in [0.29, 0.717) is 5.69 Å². The lowest BCUT2D eigenvalue weighted by atomic mass is 10.1. The quantitative estimate of drug-likeness (QED) is 0.757. The maximum Gasteiger partial charge on any atom is 0.315 e. The largest absolute Gasteiger partial charge is 0.332 e. The average molecular weight is 360 g/mol. The maximum absolute atomic E-state index is 12.3. The van der Waals surface area contributed by atoms with Crippen molar-refractivity contribution in [3.63, 3.8) is 0 Å². The predicted octanol–water partition coefficient (Wildman–Crippen LogP) is 3.84. The number of urea groups is 1. The fourth-order valence-electron chi connectivity index (χ4n) is 2.62. The van der Waals surface area contributed by atoms with Gasteiger partial charge in [-0.25, -0.2) is 9.78 Å². The molecule has 1 aromatic heterocycles. The van der Waals surface area contributed by atoms with Crippen molar-refractivity contribution < 1.29 is 9.59 Å². The zero-order chi connectivity index (χ0) is 18.6. The Balaban J connectivity index is 1.98. The molecule has 0 spiro atoms. The minimum atomic E-state index is -0.240. The van der Waals surface area contributed by atoms with E-state index in [4.69, 9.17) is 0 Å². The first-order valence-electron chi connectivity index (χ1n) is 8.14. The van der Waals surface area contributed by atoms with Crippen LogP contribution in [0.15, 0.2) is 24.3 Å². The van der Waals surface area contributed by atoms with Crippen LogP contribution in [0.3, 0.4) is 0 Å². The van der Waals surface area contributed by atoms with Crippen LogP contribution in [0.5, 0.6) is 0 Å². The van der Waals surface area contributed by atoms with Crippen LogP contribution < -0.4 is 16.0 Å². The summed E-state index contributed by atoms with van der Waals surface area (Å²) >= 11 is 1.59. The van der Waals surface area contributed by atoms with Crippen molar-refractivity contribution in [1.82, 2.24) is 15.6 Å². The van der Waals surface area contributed by atoms with Crippen LogP contribution in [0.25, 0.3) is 0 Å². The minimum Gasteiger partial charge on any atom is -0.332 e. The molecule has 0 radical (unpaired) electrons. The van der Waals surface area contributed by atoms with Gasteiger partial charge in [-0.2, -0.15) is 0 Å². The first-order valence-corrected chi connectivity index (χ1v) is 8.96. The van der Waals surface area contributed by atoms with E-state index in [-0.39, 0.29) is 24.0 Å². The van der Waals surface area contributed by atoms with E-state index in [2.05, 4.69) is 20.9 Å². The molecule has 7 heteroatoms. The highest BCUT2D eigenvalue weighted by atomic mass is 32.1. The molecule has 0 saturated carbocycles. The van der Waals surface area contributed by atoms with Crippen LogP contribution in [0.4, 0.5) is 10.5 Å². The molecule has 2 atom stereocenters. The zero-order valence-electron chi connectivity index (χ0n) is 15.1. The van der Waals surface area contributed by atoms with Crippen molar-refractivity contribution in [3.8, 4) is 0 Å². The molecular formula is C18H24N4O2S. The summed E-state index contributed by atoms with van der Waals surface area (Å²) in [5, 5.41) is 9.61. The van der Waals surface area contributed by atoms with E-state index in [1.54, 1.807) is 11.3 Å². The Morgan fingerprint density at radius 3 is 2.40 bits per heavy atom. The molecule has 1 aromatic carbocycles. The molecule has 6 nitrogen and oxygen atoms in total. The molecule has 0 saturated heterocycles. The van der Waals surface area contributed by atoms with Gasteiger partial charge in [0.05, 0.1) is 22.8 Å². The van der Waals surface area contributed by atoms with Crippen molar-refractivity contribution in [2.24, 2.45) is 0 Å². The molecule has 1 heterocycles. The summed E-state index contributed by atoms with van der Waals surface area (Å²) in [4.78, 5) is 28.9. The van der Waals surface area contributed by atoms with Crippen molar-refractivity contribution in [3.05, 3.63) is 45.4 Å². The van der Waals surface area contributed by atoms with Gasteiger partial charge in [0.1, 0.15) is 0 Å². The van der Waals surface area contributed by atoms with Crippen LogP contribution in [0.2, 0.25) is 0 Å². The number of nitrogens with one attached hydrogen (secondary N) is 3. The van der Waals surface area contributed by atoms with Gasteiger partial charge in [-0.15, -0.1) is 11.3 Å². The summed E-state index contributed by atoms with van der Waals surface area (Å²) in [6.45, 7) is 9.22. The Labute approximate surface area is 152 Å². The lowest BCUT2D eigenvalue weighted by Crippen LogP contribution is -2.38. The highest BCUT2D eigenvalue weighted by molar-refractivity contribution is 7.11. The van der Waals surface area contributed by atoms with Crippen LogP contribution >= 0.6 is 11.3 Å². The molecule has 134 valence electrons. The van der Waals surface area contributed by atoms with Gasteiger partial charge in [-0.3, -0.25) is 4.79 Å². The van der Waals surface area contributed by atoms with Crippen LogP contribution in [-0.4, -0.2) is 16.9 Å². The van der Waals surface area contributed by atoms with Gasteiger partial charge in [0.2, 0.25) is 5.91 Å². The number of aromatic nitrogens is 1. The first kappa shape index (κ1) is 18.9. The van der Waals surface area contributed by atoms with Crippen molar-refractivity contribution in [1.29, 1.82) is 0 Å². The molecule has 0 unspecified atom stereocenters. The number of carbonyl (C=O) groups is 2. The Morgan fingerprint density at radius 1 is 1.12 bits per heavy atom. The molecule has 2 rings (SSSR count). The van der Waals surface area contributed by atoms with Crippen LogP contribution in [0, 0.1) is 13.8 Å². The Kier molecular flexibility index (Phi) is 6.14. The maximum atomic E-state index is 12.3. The topological polar surface area (TPSA) is 83.1 Å². The summed E-state index contributed by atoms with van der Waals surface area (Å²) in [6.07, 6.45) is 0. The lowest BCUT2D eigenvalue weighted by molar-refractivity contribution is -0.114. The van der Waals surface area contributed by atoms with Crippen LogP contribution in [0.1, 0.15) is 54.0 Å². The van der Waals surface area contributed by atoms with E-state index in [9.17, 15) is 9.59 Å². The Hall–Kier alpha value is -2.41. The van der Waals surface area contributed by atoms with Gasteiger partial charge in [-0.05, 0) is 45.4 Å². The third kappa shape index (κ3) is 5.29. The monoisotopic (exact) mass is 360 g/mol. The first-order chi connectivity index (χ1) is 11.8. The van der Waals surface area contributed by atoms with Crippen molar-refractivity contribution in [2.45, 2.75) is 46.7 Å². The number of nitrogens with zero attached hydrogens (tertiary/aromatic N) is 1. The van der Waals surface area contributed by atoms with E-state index in [0.717, 1.165) is 21.1 Å². The molecule has 3 amide bonds. The molecule has 3 N–H and O–H groups in total. The van der Waals surface area contributed by atoms with Crippen LogP contribution in [-0.2, 0) is 4.79 Å². The fraction of sp³-hybridized carbons (Fsp3) is 0.389. The van der Waals surface area contributed by atoms with E-state index in [1.165, 1.54) is 6.92 Å². The van der Waals surface area contributed by atoms with Gasteiger partial charge in [0, 0.05) is 17.5 Å². The summed E-state index contributed by atoms with van der Waals surface area (Å²) in [5.74, 6) is -0.125. The molecule has 0 fully saturated rings. The fourth-order valence-corrected chi connectivity index (χ4v) is 3.55. The van der Waals surface area contributed by atoms with Crippen molar-refractivity contribution in [2.75, 3.05) is 5.32 Å². The molecule has 0 aliphatic rings. The third-order valence-electron chi connectivity index (χ3n) is 3.73. The predicted molar refractivity (Wildman–Crippen MR) is 101 cm³/mol. The van der Waals surface area contributed by atoms with E-state index < -0.39 is 0 Å². The SMILES string of the molecule is CC(=O)Nc1cccc([C@H](C)NC(=O)N[C@@H](C)c2sc(C)nc2C)c1. The number of aryl methyl sites for hydroxylation is 2. The number of anilines is 1. The number of carbonyl (C=O) groups excluding carboxylic acids is 2. The zero-order valence-corrected chi connectivity index (χ0v) is 16.0. The smallest absolute Gasteiger partial charge is 0.315 e. The van der Waals surface area contributed by atoms with Gasteiger partial charge < -0.3 is 16.0 Å². The van der Waals surface area contributed by atoms with Gasteiger partial charge in [-0.1, -0.05) is 12.1 Å². The Morgan fingerprint density at radius 2 is 1.80 bits per heavy atom. The summed E-state index contributed by atoms with van der Waals surface area (Å²) in [6, 6.07) is 6.89. The number of benzene rings is 1. The molecule has 0 aliphatic heterocycles. The molecule has 25 heavy (non-hydrogen) atoms. The number of amides is 3. The van der Waals surface area contributed by atoms with Gasteiger partial charge in [0.15, 0.2) is 0 Å². The molecular weight excluding hydrogens is 336 g/mol. The Bertz CT molecular complexity index is 772. The van der Waals surface area contributed by atoms with Crippen molar-refractivity contribution >= 4 is 29.0 Å². The summed E-state index contributed by atoms with van der Waals surface area (Å²) < 4.78 is 0. The van der Waals surface area contributed by atoms with E-state index in [1.807, 2.05) is 52.0 Å². The average Bonchev–Trinajstić information content (AvgIpc) is 2.85. The normalized spacial score (nSPS) is 13.0. The van der Waals surface area contributed by atoms with Gasteiger partial charge in [0.25, 0.3) is 0 Å². The standard InChI is InChI=1S/C18H24N4O2S/c1-10(15-7-6-8-16(9-15)22-13(4)23)20-18(24)21-12(3)17-11(2)19-14(5)25-17/h6-10,12H,1-5H3,(H,22,23)(H2,20,21,24)/t10-,12-/m0/s1. The number of hydrogen-bond donors (Lipinski definition) is 3. The highest BCUT2D eigenvalue weighted by Crippen LogP contribution is 2.24. The highest BCUT2D eigenvalue weighted by Gasteiger charge is 2.17. The second kappa shape index (κ2) is 8.11. The third-order valence-corrected chi connectivity index (χ3v) is 4.99. The lowest BCUT2D eigenvalue weighted by Gasteiger charge is -2.18.